The number of hydrogen-bond acceptors (Lipinski definition) is 6. The number of carboxylic acids is 2. The molecule has 1 aromatic carbocycles. The van der Waals surface area contributed by atoms with Gasteiger partial charge in [0.2, 0.25) is 0 Å². The third-order valence-corrected chi connectivity index (χ3v) is 5.61. The van der Waals surface area contributed by atoms with E-state index in [9.17, 15) is 24.3 Å². The zero-order valence-electron chi connectivity index (χ0n) is 12.7. The average Bonchev–Trinajstić information content (AvgIpc) is 3.00. The molecule has 2 aliphatic heterocycles. The van der Waals surface area contributed by atoms with Crippen LogP contribution in [0.15, 0.2) is 27.6 Å². The number of fused-ring (bicyclic) bond motifs is 1. The Hall–Kier alpha value is -2.24. The van der Waals surface area contributed by atoms with Crippen molar-refractivity contribution < 1.29 is 29.4 Å². The molecule has 0 bridgehead atoms. The Morgan fingerprint density at radius 3 is 2.62 bits per heavy atom. The molecule has 1 atom stereocenters. The van der Waals surface area contributed by atoms with Gasteiger partial charge in [-0.15, -0.1) is 0 Å². The topological polar surface area (TPSA) is 124 Å². The van der Waals surface area contributed by atoms with Crippen LogP contribution in [0.1, 0.15) is 12.0 Å². The maximum absolute atomic E-state index is 12.8. The lowest BCUT2D eigenvalue weighted by Gasteiger charge is -2.21. The molecule has 0 aliphatic carbocycles. The van der Waals surface area contributed by atoms with Crippen molar-refractivity contribution in [2.75, 3.05) is 5.32 Å². The van der Waals surface area contributed by atoms with Crippen LogP contribution in [0.4, 0.5) is 5.69 Å². The number of benzene rings is 1. The van der Waals surface area contributed by atoms with E-state index in [1.807, 2.05) is 0 Å². The lowest BCUT2D eigenvalue weighted by Crippen LogP contribution is -2.45. The summed E-state index contributed by atoms with van der Waals surface area (Å²) < 4.78 is 0.581. The Morgan fingerprint density at radius 1 is 1.31 bits per heavy atom. The second kappa shape index (κ2) is 6.82. The smallest absolute Gasteiger partial charge is 0.327 e. The summed E-state index contributed by atoms with van der Waals surface area (Å²) in [6.07, 6.45) is -0.807. The molecule has 3 N–H and O–H groups in total. The van der Waals surface area contributed by atoms with Crippen LogP contribution < -0.4 is 5.32 Å². The van der Waals surface area contributed by atoms with Gasteiger partial charge in [0.05, 0.1) is 16.9 Å². The quantitative estimate of drug-likeness (QED) is 0.463. The van der Waals surface area contributed by atoms with Crippen molar-refractivity contribution in [1.29, 1.82) is 0 Å². The SMILES string of the molecule is O=C(O)CC(C(=O)O)N1C(=O)C(=C2C(=O)Nc3ccc(Br)cc32)SC1=S. The maximum Gasteiger partial charge on any atom is 0.327 e. The van der Waals surface area contributed by atoms with Crippen LogP contribution in [0.25, 0.3) is 5.57 Å². The Kier molecular flexibility index (Phi) is 4.86. The number of amides is 2. The normalized spacial score (nSPS) is 20.2. The monoisotopic (exact) mass is 456 g/mol. The Labute approximate surface area is 164 Å². The van der Waals surface area contributed by atoms with E-state index in [0.29, 0.717) is 15.7 Å². The zero-order chi connectivity index (χ0) is 19.2. The number of nitrogens with zero attached hydrogens (tertiary/aromatic N) is 1. The van der Waals surface area contributed by atoms with Crippen LogP contribution in [0.5, 0.6) is 0 Å². The Morgan fingerprint density at radius 2 is 2.00 bits per heavy atom. The van der Waals surface area contributed by atoms with E-state index in [-0.39, 0.29) is 14.8 Å². The highest BCUT2D eigenvalue weighted by Crippen LogP contribution is 2.43. The van der Waals surface area contributed by atoms with E-state index >= 15 is 0 Å². The summed E-state index contributed by atoms with van der Waals surface area (Å²) in [5, 5.41) is 20.8. The highest BCUT2D eigenvalue weighted by atomic mass is 79.9. The fourth-order valence-corrected chi connectivity index (χ4v) is 4.41. The molecule has 1 unspecified atom stereocenters. The molecule has 1 fully saturated rings. The molecular weight excluding hydrogens is 448 g/mol. The number of rotatable bonds is 4. The highest BCUT2D eigenvalue weighted by Gasteiger charge is 2.45. The number of anilines is 1. The molecule has 1 aromatic rings. The summed E-state index contributed by atoms with van der Waals surface area (Å²) in [5.41, 5.74) is 1.08. The average molecular weight is 457 g/mol. The van der Waals surface area contributed by atoms with Gasteiger partial charge in [-0.05, 0) is 18.2 Å². The summed E-state index contributed by atoms with van der Waals surface area (Å²) in [5.74, 6) is -4.18. The molecule has 3 rings (SSSR count). The molecule has 2 heterocycles. The predicted molar refractivity (Wildman–Crippen MR) is 100 cm³/mol. The zero-order valence-corrected chi connectivity index (χ0v) is 15.9. The van der Waals surface area contributed by atoms with Crippen molar-refractivity contribution in [3.63, 3.8) is 0 Å². The lowest BCUT2D eigenvalue weighted by molar-refractivity contribution is -0.150. The van der Waals surface area contributed by atoms with E-state index < -0.39 is 36.2 Å². The molecule has 8 nitrogen and oxygen atoms in total. The van der Waals surface area contributed by atoms with Gasteiger partial charge < -0.3 is 15.5 Å². The molecule has 0 aromatic heterocycles. The first-order chi connectivity index (χ1) is 12.2. The van der Waals surface area contributed by atoms with Crippen LogP contribution >= 0.6 is 39.9 Å². The Balaban J connectivity index is 2.08. The molecule has 1 saturated heterocycles. The number of aliphatic carboxylic acids is 2. The minimum Gasteiger partial charge on any atom is -0.481 e. The molecule has 2 amide bonds. The van der Waals surface area contributed by atoms with Crippen LogP contribution in [-0.4, -0.2) is 49.2 Å². The number of thiocarbonyl (C=S) groups is 1. The van der Waals surface area contributed by atoms with E-state index in [1.54, 1.807) is 18.2 Å². The standard InChI is InChI=1S/C15H9BrN2O6S2/c16-5-1-2-7-6(3-5)10(12(21)17-7)11-13(22)18(15(25)26-11)8(14(23)24)4-9(19)20/h1-3,8H,4H2,(H,17,21)(H,19,20)(H,23,24). The van der Waals surface area contributed by atoms with Crippen LogP contribution in [0.3, 0.4) is 0 Å². The maximum atomic E-state index is 12.8. The summed E-state index contributed by atoms with van der Waals surface area (Å²) in [6.45, 7) is 0. The Bertz CT molecular complexity index is 929. The van der Waals surface area contributed by atoms with Crippen LogP contribution in [0.2, 0.25) is 0 Å². The van der Waals surface area contributed by atoms with Crippen molar-refractivity contribution in [2.24, 2.45) is 0 Å². The summed E-state index contributed by atoms with van der Waals surface area (Å²) in [7, 11) is 0. The second-order valence-electron chi connectivity index (χ2n) is 5.34. The van der Waals surface area contributed by atoms with Crippen molar-refractivity contribution in [2.45, 2.75) is 12.5 Å². The van der Waals surface area contributed by atoms with Gasteiger partial charge in [0, 0.05) is 15.7 Å². The van der Waals surface area contributed by atoms with Crippen LogP contribution in [0, 0.1) is 0 Å². The van der Waals surface area contributed by atoms with E-state index in [0.717, 1.165) is 16.7 Å². The van der Waals surface area contributed by atoms with Gasteiger partial charge in [0.1, 0.15) is 10.4 Å². The van der Waals surface area contributed by atoms with Crippen molar-refractivity contribution in [3.8, 4) is 0 Å². The van der Waals surface area contributed by atoms with E-state index in [1.165, 1.54) is 0 Å². The van der Waals surface area contributed by atoms with E-state index in [4.69, 9.17) is 17.3 Å². The van der Waals surface area contributed by atoms with Gasteiger partial charge in [-0.1, -0.05) is 39.9 Å². The van der Waals surface area contributed by atoms with Gasteiger partial charge in [0.15, 0.2) is 0 Å². The first-order valence-electron chi connectivity index (χ1n) is 7.06. The van der Waals surface area contributed by atoms with Crippen LogP contribution in [-0.2, 0) is 19.2 Å². The molecule has 0 saturated carbocycles. The number of carboxylic acid groups (broad SMARTS) is 2. The molecule has 134 valence electrons. The molecular formula is C15H9BrN2O6S2. The van der Waals surface area contributed by atoms with Crippen molar-refractivity contribution in [3.05, 3.63) is 33.1 Å². The minimum atomic E-state index is -1.65. The lowest BCUT2D eigenvalue weighted by atomic mass is 10.1. The van der Waals surface area contributed by atoms with Gasteiger partial charge in [0.25, 0.3) is 11.8 Å². The third-order valence-electron chi connectivity index (χ3n) is 3.72. The van der Waals surface area contributed by atoms with E-state index in [2.05, 4.69) is 21.2 Å². The number of nitrogens with one attached hydrogen (secondary N) is 1. The van der Waals surface area contributed by atoms with Crippen molar-refractivity contribution in [1.82, 2.24) is 4.90 Å². The van der Waals surface area contributed by atoms with Crippen molar-refractivity contribution >= 4 is 79.2 Å². The number of halogens is 1. The van der Waals surface area contributed by atoms with Gasteiger partial charge >= 0.3 is 11.9 Å². The minimum absolute atomic E-state index is 0.0269. The molecule has 0 spiro atoms. The number of thioether (sulfide) groups is 1. The highest BCUT2D eigenvalue weighted by molar-refractivity contribution is 9.10. The molecule has 0 radical (unpaired) electrons. The summed E-state index contributed by atoms with van der Waals surface area (Å²) in [4.78, 5) is 48.2. The first kappa shape index (κ1) is 18.5. The number of hydrogen-bond donors (Lipinski definition) is 3. The first-order valence-corrected chi connectivity index (χ1v) is 9.08. The number of carbonyl (C=O) groups excluding carboxylic acids is 2. The number of carbonyl (C=O) groups is 4. The second-order valence-corrected chi connectivity index (χ2v) is 7.90. The fourth-order valence-electron chi connectivity index (χ4n) is 2.62. The summed E-state index contributed by atoms with van der Waals surface area (Å²) in [6, 6.07) is 3.39. The fraction of sp³-hybridized carbons (Fsp3) is 0.133. The third kappa shape index (κ3) is 3.13. The predicted octanol–water partition coefficient (Wildman–Crippen LogP) is 1.90. The van der Waals surface area contributed by atoms with Gasteiger partial charge in [-0.3, -0.25) is 19.3 Å². The summed E-state index contributed by atoms with van der Waals surface area (Å²) >= 11 is 9.15. The molecule has 26 heavy (non-hydrogen) atoms. The molecule has 2 aliphatic rings. The largest absolute Gasteiger partial charge is 0.481 e. The molecule has 11 heteroatoms. The van der Waals surface area contributed by atoms with Gasteiger partial charge in [-0.2, -0.15) is 0 Å². The van der Waals surface area contributed by atoms with Gasteiger partial charge in [-0.25, -0.2) is 4.79 Å².